The summed E-state index contributed by atoms with van der Waals surface area (Å²) >= 11 is 4.02. The third-order valence-corrected chi connectivity index (χ3v) is 2.71. The molecule has 0 aliphatic carbocycles. The molecule has 0 saturated carbocycles. The fraction of sp³-hybridized carbons (Fsp3) is 1.00. The van der Waals surface area contributed by atoms with E-state index in [4.69, 9.17) is 9.47 Å². The van der Waals surface area contributed by atoms with Crippen molar-refractivity contribution in [3.05, 3.63) is 0 Å². The Kier molecular flexibility index (Phi) is 5.31. The molecule has 0 amide bonds. The summed E-state index contributed by atoms with van der Waals surface area (Å²) in [5.74, 6) is 0.684. The van der Waals surface area contributed by atoms with Crippen molar-refractivity contribution in [2.75, 3.05) is 12.4 Å². The fourth-order valence-electron chi connectivity index (χ4n) is 1.42. The Hall–Kier alpha value is 0.150. The summed E-state index contributed by atoms with van der Waals surface area (Å²) in [6, 6.07) is 0. The van der Waals surface area contributed by atoms with Crippen molar-refractivity contribution in [2.24, 2.45) is 0 Å². The van der Waals surface area contributed by atoms with E-state index in [0.717, 1.165) is 6.42 Å². The summed E-state index contributed by atoms with van der Waals surface area (Å²) in [6.45, 7) is 2.02. The lowest BCUT2D eigenvalue weighted by atomic mass is 10.0. The summed E-state index contributed by atoms with van der Waals surface area (Å²) in [5.41, 5.74) is 0. The minimum absolute atomic E-state index is 0.404. The number of aliphatic hydroxyl groups is 3. The van der Waals surface area contributed by atoms with Gasteiger partial charge in [-0.15, -0.1) is 0 Å². The van der Waals surface area contributed by atoms with Crippen LogP contribution in [0.4, 0.5) is 0 Å². The van der Waals surface area contributed by atoms with Crippen molar-refractivity contribution in [3.8, 4) is 0 Å². The molecule has 1 rings (SSSR count). The number of aliphatic hydroxyl groups excluding tert-OH is 3. The van der Waals surface area contributed by atoms with Gasteiger partial charge in [0.25, 0.3) is 0 Å². The zero-order valence-corrected chi connectivity index (χ0v) is 9.51. The molecule has 1 aliphatic rings. The van der Waals surface area contributed by atoms with Crippen LogP contribution in [0.5, 0.6) is 0 Å². The van der Waals surface area contributed by atoms with Gasteiger partial charge < -0.3 is 24.8 Å². The monoisotopic (exact) mass is 238 g/mol. The van der Waals surface area contributed by atoms with E-state index in [0.29, 0.717) is 12.4 Å². The molecule has 0 radical (unpaired) electrons. The maximum Gasteiger partial charge on any atom is 0.186 e. The molecule has 0 aromatic heterocycles. The van der Waals surface area contributed by atoms with Crippen LogP contribution in [0.2, 0.25) is 0 Å². The van der Waals surface area contributed by atoms with Crippen molar-refractivity contribution in [1.29, 1.82) is 0 Å². The van der Waals surface area contributed by atoms with Crippen LogP contribution in [0, 0.1) is 0 Å². The zero-order valence-electron chi connectivity index (χ0n) is 8.61. The quantitative estimate of drug-likeness (QED) is 0.379. The van der Waals surface area contributed by atoms with Crippen molar-refractivity contribution < 1.29 is 24.8 Å². The van der Waals surface area contributed by atoms with Crippen LogP contribution in [-0.2, 0) is 9.47 Å². The molecular formula is C9H18O5S. The number of thiol groups is 1. The number of rotatable bonds is 4. The molecule has 0 aromatic rings. The predicted octanol–water partition coefficient (Wildman–Crippen LogP) is -0.850. The maximum atomic E-state index is 9.55. The van der Waals surface area contributed by atoms with E-state index in [9.17, 15) is 15.3 Å². The van der Waals surface area contributed by atoms with Gasteiger partial charge in [-0.3, -0.25) is 0 Å². The first kappa shape index (κ1) is 13.2. The minimum atomic E-state index is -1.23. The number of ether oxygens (including phenoxy) is 2. The highest BCUT2D eigenvalue weighted by Crippen LogP contribution is 2.21. The molecule has 1 saturated heterocycles. The average Bonchev–Trinajstić information content (AvgIpc) is 2.23. The predicted molar refractivity (Wildman–Crippen MR) is 56.8 cm³/mol. The van der Waals surface area contributed by atoms with E-state index in [2.05, 4.69) is 12.6 Å². The van der Waals surface area contributed by atoms with Gasteiger partial charge in [0, 0.05) is 0 Å². The van der Waals surface area contributed by atoms with Crippen LogP contribution in [0.25, 0.3) is 0 Å². The second kappa shape index (κ2) is 6.03. The summed E-state index contributed by atoms with van der Waals surface area (Å²) in [6.07, 6.45) is -4.21. The lowest BCUT2D eigenvalue weighted by Crippen LogP contribution is -2.57. The Labute approximate surface area is 94.4 Å². The summed E-state index contributed by atoms with van der Waals surface area (Å²) in [5, 5.41) is 28.4. The van der Waals surface area contributed by atoms with E-state index < -0.39 is 30.7 Å². The first-order valence-electron chi connectivity index (χ1n) is 5.00. The molecular weight excluding hydrogens is 220 g/mol. The van der Waals surface area contributed by atoms with Crippen LogP contribution in [-0.4, -0.2) is 58.4 Å². The van der Waals surface area contributed by atoms with Crippen molar-refractivity contribution in [1.82, 2.24) is 0 Å². The first-order valence-corrected chi connectivity index (χ1v) is 5.63. The molecule has 0 spiro atoms. The largest absolute Gasteiger partial charge is 0.388 e. The van der Waals surface area contributed by atoms with Crippen molar-refractivity contribution in [2.45, 2.75) is 44.1 Å². The third-order valence-electron chi connectivity index (χ3n) is 2.39. The smallest absolute Gasteiger partial charge is 0.186 e. The molecule has 5 atom stereocenters. The van der Waals surface area contributed by atoms with Gasteiger partial charge in [-0.1, -0.05) is 0 Å². The maximum absolute atomic E-state index is 9.55. The first-order chi connectivity index (χ1) is 7.07. The van der Waals surface area contributed by atoms with E-state index >= 15 is 0 Å². The molecule has 1 fully saturated rings. The second-order valence-electron chi connectivity index (χ2n) is 3.63. The van der Waals surface area contributed by atoms with Gasteiger partial charge in [-0.05, 0) is 19.1 Å². The summed E-state index contributed by atoms with van der Waals surface area (Å²) < 4.78 is 10.5. The van der Waals surface area contributed by atoms with E-state index in [1.807, 2.05) is 0 Å². The highest BCUT2D eigenvalue weighted by Gasteiger charge is 2.42. The Balaban J connectivity index is 2.43. The lowest BCUT2D eigenvalue weighted by molar-refractivity contribution is -0.292. The lowest BCUT2D eigenvalue weighted by Gasteiger charge is -2.38. The van der Waals surface area contributed by atoms with E-state index in [1.54, 1.807) is 6.92 Å². The Morgan fingerprint density at radius 1 is 1.20 bits per heavy atom. The molecule has 15 heavy (non-hydrogen) atoms. The summed E-state index contributed by atoms with van der Waals surface area (Å²) in [4.78, 5) is 0. The third kappa shape index (κ3) is 3.30. The van der Waals surface area contributed by atoms with Crippen molar-refractivity contribution in [3.63, 3.8) is 0 Å². The van der Waals surface area contributed by atoms with E-state index in [1.165, 1.54) is 0 Å². The number of hydrogen-bond donors (Lipinski definition) is 4. The molecule has 3 N–H and O–H groups in total. The Bertz CT molecular complexity index is 191. The van der Waals surface area contributed by atoms with Crippen LogP contribution in [0.1, 0.15) is 13.3 Å². The topological polar surface area (TPSA) is 79.2 Å². The van der Waals surface area contributed by atoms with Crippen LogP contribution < -0.4 is 0 Å². The van der Waals surface area contributed by atoms with Gasteiger partial charge in [-0.2, -0.15) is 12.6 Å². The van der Waals surface area contributed by atoms with Crippen molar-refractivity contribution >= 4 is 12.6 Å². The average molecular weight is 238 g/mol. The molecule has 1 heterocycles. The van der Waals surface area contributed by atoms with Crippen LogP contribution >= 0.6 is 12.6 Å². The fourth-order valence-corrected chi connectivity index (χ4v) is 1.54. The van der Waals surface area contributed by atoms with Gasteiger partial charge in [0.15, 0.2) is 6.29 Å². The van der Waals surface area contributed by atoms with Gasteiger partial charge in [0.05, 0.1) is 12.7 Å². The molecule has 6 heteroatoms. The highest BCUT2D eigenvalue weighted by atomic mass is 32.1. The molecule has 90 valence electrons. The standard InChI is InChI=1S/C9H18O5S/c1-5-6(10)7(11)8(12)9(14-5)13-3-2-4-15/h5-12,15H,2-4H2,1H3/t5-,6+,7+,8-,9+/m0/s1. The normalized spacial score (nSPS) is 41.8. The number of hydrogen-bond acceptors (Lipinski definition) is 6. The molecule has 1 aliphatic heterocycles. The Morgan fingerprint density at radius 3 is 2.47 bits per heavy atom. The van der Waals surface area contributed by atoms with Crippen LogP contribution in [0.3, 0.4) is 0 Å². The highest BCUT2D eigenvalue weighted by molar-refractivity contribution is 7.80. The molecule has 0 aromatic carbocycles. The van der Waals surface area contributed by atoms with Gasteiger partial charge in [0.2, 0.25) is 0 Å². The van der Waals surface area contributed by atoms with Crippen LogP contribution in [0.15, 0.2) is 0 Å². The molecule has 0 bridgehead atoms. The van der Waals surface area contributed by atoms with Gasteiger partial charge in [-0.25, -0.2) is 0 Å². The van der Waals surface area contributed by atoms with E-state index in [-0.39, 0.29) is 0 Å². The molecule has 0 unspecified atom stereocenters. The second-order valence-corrected chi connectivity index (χ2v) is 4.08. The molecule has 5 nitrogen and oxygen atoms in total. The van der Waals surface area contributed by atoms with Gasteiger partial charge in [0.1, 0.15) is 18.3 Å². The zero-order chi connectivity index (χ0) is 11.4. The van der Waals surface area contributed by atoms with Gasteiger partial charge >= 0.3 is 0 Å². The Morgan fingerprint density at radius 2 is 1.87 bits per heavy atom. The minimum Gasteiger partial charge on any atom is -0.388 e. The SMILES string of the molecule is C[C@@H]1O[C@@H](OCCCS)[C@@H](O)[C@H](O)[C@@H]1O. The summed E-state index contributed by atoms with van der Waals surface area (Å²) in [7, 11) is 0.